The number of hydrogen-bond donors (Lipinski definition) is 1. The zero-order valence-electron chi connectivity index (χ0n) is 15.8. The number of carbonyl (C=O) groups excluding carboxylic acids is 2. The summed E-state index contributed by atoms with van der Waals surface area (Å²) in [5.74, 6) is 0.170. The number of para-hydroxylation sites is 1. The maximum absolute atomic E-state index is 12.6. The number of methoxy groups -OCH3 is 1. The molecule has 0 unspecified atom stereocenters. The Labute approximate surface area is 168 Å². The van der Waals surface area contributed by atoms with E-state index in [0.717, 1.165) is 0 Å². The number of hydrogen-bond acceptors (Lipinski definition) is 6. The molecule has 28 heavy (non-hydrogen) atoms. The quantitative estimate of drug-likeness (QED) is 0.653. The molecule has 0 aliphatic carbocycles. The first-order valence-corrected chi connectivity index (χ1v) is 10.1. The molecule has 1 atom stereocenters. The van der Waals surface area contributed by atoms with Crippen LogP contribution in [0.1, 0.15) is 27.9 Å². The average Bonchev–Trinajstić information content (AvgIpc) is 2.74. The van der Waals surface area contributed by atoms with E-state index in [0.29, 0.717) is 34.6 Å². The average molecular weight is 398 g/mol. The summed E-state index contributed by atoms with van der Waals surface area (Å²) in [5, 5.41) is 11.9. The monoisotopic (exact) mass is 398 g/mol. The van der Waals surface area contributed by atoms with Crippen molar-refractivity contribution in [2.24, 2.45) is 0 Å². The molecule has 1 N–H and O–H groups in total. The van der Waals surface area contributed by atoms with Gasteiger partial charge >= 0.3 is 5.97 Å². The van der Waals surface area contributed by atoms with Crippen molar-refractivity contribution in [2.75, 3.05) is 19.1 Å². The van der Waals surface area contributed by atoms with Crippen molar-refractivity contribution in [3.8, 4) is 11.8 Å². The van der Waals surface area contributed by atoms with E-state index in [-0.39, 0.29) is 6.61 Å². The van der Waals surface area contributed by atoms with Crippen molar-refractivity contribution in [3.63, 3.8) is 0 Å². The van der Waals surface area contributed by atoms with Gasteiger partial charge in [-0.25, -0.2) is 4.79 Å². The Morgan fingerprint density at radius 1 is 1.18 bits per heavy atom. The van der Waals surface area contributed by atoms with E-state index in [2.05, 4.69) is 11.4 Å². The maximum atomic E-state index is 12.6. The lowest BCUT2D eigenvalue weighted by Gasteiger charge is -2.18. The second-order valence-electron chi connectivity index (χ2n) is 5.88. The van der Waals surface area contributed by atoms with Crippen LogP contribution < -0.4 is 10.1 Å². The third-order valence-electron chi connectivity index (χ3n) is 4.06. The number of esters is 1. The number of amides is 1. The summed E-state index contributed by atoms with van der Waals surface area (Å²) >= 11 is 1.57. The molecule has 0 radical (unpaired) electrons. The Morgan fingerprint density at radius 2 is 1.89 bits per heavy atom. The molecule has 6 nitrogen and oxygen atoms in total. The Hall–Kier alpha value is -2.98. The molecule has 7 heteroatoms. The lowest BCUT2D eigenvalue weighted by atomic mass is 10.1. The van der Waals surface area contributed by atoms with Crippen molar-refractivity contribution < 1.29 is 19.1 Å². The first kappa shape index (κ1) is 21.3. The predicted molar refractivity (Wildman–Crippen MR) is 108 cm³/mol. The van der Waals surface area contributed by atoms with Gasteiger partial charge in [0.05, 0.1) is 24.3 Å². The highest BCUT2D eigenvalue weighted by atomic mass is 32.2. The molecule has 2 aromatic rings. The lowest BCUT2D eigenvalue weighted by Crippen LogP contribution is -2.42. The van der Waals surface area contributed by atoms with Crippen LogP contribution in [0.15, 0.2) is 48.5 Å². The molecule has 0 heterocycles. The molecule has 0 fully saturated rings. The van der Waals surface area contributed by atoms with Gasteiger partial charge in [-0.1, -0.05) is 30.3 Å². The number of ether oxygens (including phenoxy) is 2. The predicted octanol–water partition coefficient (Wildman–Crippen LogP) is 3.16. The molecule has 0 bridgehead atoms. The van der Waals surface area contributed by atoms with Crippen LogP contribution in [0.3, 0.4) is 0 Å². The number of benzene rings is 2. The van der Waals surface area contributed by atoms with Crippen LogP contribution in [0.25, 0.3) is 0 Å². The second kappa shape index (κ2) is 11.0. The molecule has 0 saturated heterocycles. The van der Waals surface area contributed by atoms with Gasteiger partial charge < -0.3 is 14.8 Å². The van der Waals surface area contributed by atoms with Crippen molar-refractivity contribution >= 4 is 23.6 Å². The first-order chi connectivity index (χ1) is 13.6. The number of thioether (sulfide) groups is 1. The van der Waals surface area contributed by atoms with Crippen LogP contribution in [0.4, 0.5) is 0 Å². The van der Waals surface area contributed by atoms with Gasteiger partial charge in [0.1, 0.15) is 18.4 Å². The Bertz CT molecular complexity index is 863. The summed E-state index contributed by atoms with van der Waals surface area (Å²) in [6.45, 7) is -0.0249. The van der Waals surface area contributed by atoms with E-state index < -0.39 is 17.9 Å². The van der Waals surface area contributed by atoms with Crippen LogP contribution in [0, 0.1) is 11.3 Å². The highest BCUT2D eigenvalue weighted by molar-refractivity contribution is 7.98. The van der Waals surface area contributed by atoms with E-state index in [1.165, 1.54) is 7.11 Å². The van der Waals surface area contributed by atoms with E-state index in [1.54, 1.807) is 60.3 Å². The second-order valence-corrected chi connectivity index (χ2v) is 6.87. The fraction of sp³-hybridized carbons (Fsp3) is 0.286. The number of nitriles is 1. The molecule has 0 aliphatic heterocycles. The molecule has 0 aromatic heterocycles. The Morgan fingerprint density at radius 3 is 2.61 bits per heavy atom. The largest absolute Gasteiger partial charge is 0.496 e. The van der Waals surface area contributed by atoms with Crippen LogP contribution in [-0.4, -0.2) is 37.0 Å². The fourth-order valence-electron chi connectivity index (χ4n) is 2.56. The third kappa shape index (κ3) is 5.76. The minimum Gasteiger partial charge on any atom is -0.496 e. The van der Waals surface area contributed by atoms with Gasteiger partial charge in [-0.15, -0.1) is 0 Å². The van der Waals surface area contributed by atoms with Gasteiger partial charge in [0.2, 0.25) is 0 Å². The SMILES string of the molecule is COc1ccccc1C(=O)N[C@@H](CCSC)C(=O)OCc1ccccc1C#N. The van der Waals surface area contributed by atoms with Crippen molar-refractivity contribution in [2.45, 2.75) is 19.1 Å². The molecule has 2 aromatic carbocycles. The first-order valence-electron chi connectivity index (χ1n) is 8.68. The maximum Gasteiger partial charge on any atom is 0.329 e. The van der Waals surface area contributed by atoms with Crippen LogP contribution in [0.2, 0.25) is 0 Å². The van der Waals surface area contributed by atoms with Crippen LogP contribution in [0.5, 0.6) is 5.75 Å². The summed E-state index contributed by atoms with van der Waals surface area (Å²) in [6, 6.07) is 15.0. The number of carbonyl (C=O) groups is 2. The smallest absolute Gasteiger partial charge is 0.329 e. The lowest BCUT2D eigenvalue weighted by molar-refractivity contribution is -0.147. The molecule has 2 rings (SSSR count). The molecule has 1 amide bonds. The normalized spacial score (nSPS) is 11.2. The van der Waals surface area contributed by atoms with Crippen molar-refractivity contribution in [1.82, 2.24) is 5.32 Å². The molecular formula is C21H22N2O4S. The summed E-state index contributed by atoms with van der Waals surface area (Å²) in [6.07, 6.45) is 2.36. The van der Waals surface area contributed by atoms with Crippen LogP contribution >= 0.6 is 11.8 Å². The summed E-state index contributed by atoms with van der Waals surface area (Å²) in [4.78, 5) is 25.2. The third-order valence-corrected chi connectivity index (χ3v) is 4.70. The number of nitrogens with zero attached hydrogens (tertiary/aromatic N) is 1. The standard InChI is InChI=1S/C21H22N2O4S/c1-26-19-10-6-5-9-17(19)20(24)23-18(11-12-28-2)21(25)27-14-16-8-4-3-7-15(16)13-22/h3-10,18H,11-12,14H2,1-2H3,(H,23,24)/t18-/m0/s1. The van der Waals surface area contributed by atoms with Crippen molar-refractivity contribution in [1.29, 1.82) is 5.26 Å². The Kier molecular flexibility index (Phi) is 8.37. The summed E-state index contributed by atoms with van der Waals surface area (Å²) in [7, 11) is 1.48. The van der Waals surface area contributed by atoms with Gasteiger partial charge in [0.15, 0.2) is 0 Å². The highest BCUT2D eigenvalue weighted by Gasteiger charge is 2.24. The van der Waals surface area contributed by atoms with E-state index >= 15 is 0 Å². The van der Waals surface area contributed by atoms with E-state index in [4.69, 9.17) is 14.7 Å². The number of rotatable bonds is 9. The minimum absolute atomic E-state index is 0.0249. The van der Waals surface area contributed by atoms with Gasteiger partial charge in [0.25, 0.3) is 5.91 Å². The fourth-order valence-corrected chi connectivity index (χ4v) is 3.03. The summed E-state index contributed by atoms with van der Waals surface area (Å²) in [5.41, 5.74) is 1.42. The van der Waals surface area contributed by atoms with E-state index in [1.807, 2.05) is 6.26 Å². The zero-order valence-corrected chi connectivity index (χ0v) is 16.6. The van der Waals surface area contributed by atoms with Gasteiger partial charge in [-0.05, 0) is 36.6 Å². The molecule has 146 valence electrons. The van der Waals surface area contributed by atoms with Crippen LogP contribution in [-0.2, 0) is 16.1 Å². The molecule has 0 aliphatic rings. The molecule has 0 saturated carbocycles. The zero-order chi connectivity index (χ0) is 20.4. The molecular weight excluding hydrogens is 376 g/mol. The topological polar surface area (TPSA) is 88.4 Å². The van der Waals surface area contributed by atoms with Gasteiger partial charge in [-0.3, -0.25) is 4.79 Å². The Balaban J connectivity index is 2.08. The van der Waals surface area contributed by atoms with E-state index in [9.17, 15) is 9.59 Å². The van der Waals surface area contributed by atoms with Gasteiger partial charge in [0, 0.05) is 5.56 Å². The summed E-state index contributed by atoms with van der Waals surface area (Å²) < 4.78 is 10.6. The van der Waals surface area contributed by atoms with Gasteiger partial charge in [-0.2, -0.15) is 17.0 Å². The molecule has 0 spiro atoms. The minimum atomic E-state index is -0.792. The van der Waals surface area contributed by atoms with Crippen molar-refractivity contribution in [3.05, 3.63) is 65.2 Å². The number of nitrogens with one attached hydrogen (secondary N) is 1. The highest BCUT2D eigenvalue weighted by Crippen LogP contribution is 2.18.